The maximum Gasteiger partial charge on any atom is 0.426 e. The summed E-state index contributed by atoms with van der Waals surface area (Å²) in [6, 6.07) is 16.8. The van der Waals surface area contributed by atoms with Crippen molar-refractivity contribution >= 4 is 23.3 Å². The fraction of sp³-hybridized carbons (Fsp3) is 0.280. The van der Waals surface area contributed by atoms with Gasteiger partial charge in [-0.1, -0.05) is 42.5 Å². The van der Waals surface area contributed by atoms with E-state index < -0.39 is 28.4 Å². The minimum atomic E-state index is -4.46. The quantitative estimate of drug-likeness (QED) is 0.229. The van der Waals surface area contributed by atoms with Crippen molar-refractivity contribution in [2.75, 3.05) is 6.54 Å². The zero-order chi connectivity index (χ0) is 25.6. The van der Waals surface area contributed by atoms with Crippen molar-refractivity contribution in [3.05, 3.63) is 76.0 Å². The zero-order valence-corrected chi connectivity index (χ0v) is 19.6. The van der Waals surface area contributed by atoms with Gasteiger partial charge in [-0.3, -0.25) is 9.59 Å². The van der Waals surface area contributed by atoms with Crippen molar-refractivity contribution in [1.82, 2.24) is 5.32 Å². The maximum atomic E-state index is 13.5. The summed E-state index contributed by atoms with van der Waals surface area (Å²) >= 11 is 0.660. The van der Waals surface area contributed by atoms with Crippen LogP contribution in [0.4, 0.5) is 13.2 Å². The third kappa shape index (κ3) is 6.61. The van der Waals surface area contributed by atoms with Gasteiger partial charge in [-0.25, -0.2) is 0 Å². The van der Waals surface area contributed by atoms with Crippen molar-refractivity contribution in [1.29, 1.82) is 0 Å². The fourth-order valence-electron chi connectivity index (χ4n) is 3.29. The molecule has 3 rings (SSSR count). The number of aliphatic carboxylic acids is 2. The SMILES string of the molecule is CC(CCNCc1ccc(OCc2cc(-c3ccccc3)c(C(F)(F)F)s2)cc1)(C(=O)O)C(=O)O. The Morgan fingerprint density at radius 3 is 2.20 bits per heavy atom. The second-order valence-corrected chi connectivity index (χ2v) is 9.26. The molecule has 0 amide bonds. The molecule has 0 aliphatic carbocycles. The standard InChI is InChI=1S/C25H24F3NO5S/c1-24(22(30)31,23(32)33)11-12-29-14-16-7-9-18(10-8-16)34-15-19-13-20(17-5-3-2-4-6-17)21(35-19)25(26,27)28/h2-10,13,29H,11-12,14-15H2,1H3,(H,30,31)(H,32,33). The van der Waals surface area contributed by atoms with Crippen LogP contribution >= 0.6 is 11.3 Å². The predicted octanol–water partition coefficient (Wildman–Crippen LogP) is 5.67. The van der Waals surface area contributed by atoms with Crippen LogP contribution in [0.1, 0.15) is 28.7 Å². The number of hydrogen-bond acceptors (Lipinski definition) is 5. The number of hydrogen-bond donors (Lipinski definition) is 3. The Morgan fingerprint density at radius 2 is 1.63 bits per heavy atom. The Kier molecular flexibility index (Phi) is 8.18. The fourth-order valence-corrected chi connectivity index (χ4v) is 4.25. The average molecular weight is 508 g/mol. The highest BCUT2D eigenvalue weighted by Gasteiger charge is 2.41. The van der Waals surface area contributed by atoms with E-state index in [-0.39, 0.29) is 25.1 Å². The summed E-state index contributed by atoms with van der Waals surface area (Å²) in [5, 5.41) is 21.2. The summed E-state index contributed by atoms with van der Waals surface area (Å²) < 4.78 is 46.3. The van der Waals surface area contributed by atoms with Gasteiger partial charge in [-0.2, -0.15) is 13.2 Å². The molecular weight excluding hydrogens is 483 g/mol. The topological polar surface area (TPSA) is 95.9 Å². The number of thiophene rings is 1. The van der Waals surface area contributed by atoms with Crippen molar-refractivity contribution in [2.45, 2.75) is 32.7 Å². The molecule has 3 N–H and O–H groups in total. The minimum Gasteiger partial charge on any atom is -0.488 e. The monoisotopic (exact) mass is 507 g/mol. The Labute approximate surface area is 204 Å². The van der Waals surface area contributed by atoms with E-state index in [9.17, 15) is 22.8 Å². The van der Waals surface area contributed by atoms with Crippen LogP contribution in [0.2, 0.25) is 0 Å². The molecule has 0 fully saturated rings. The summed E-state index contributed by atoms with van der Waals surface area (Å²) in [7, 11) is 0. The molecule has 0 saturated heterocycles. The summed E-state index contributed by atoms with van der Waals surface area (Å²) in [5.41, 5.74) is -0.387. The highest BCUT2D eigenvalue weighted by atomic mass is 32.1. The van der Waals surface area contributed by atoms with Crippen LogP contribution in [0.15, 0.2) is 60.7 Å². The van der Waals surface area contributed by atoms with Gasteiger partial charge in [0.25, 0.3) is 0 Å². The van der Waals surface area contributed by atoms with Crippen LogP contribution in [0.3, 0.4) is 0 Å². The average Bonchev–Trinajstić information content (AvgIpc) is 3.26. The van der Waals surface area contributed by atoms with Gasteiger partial charge in [0.05, 0.1) is 0 Å². The number of alkyl halides is 3. The molecule has 0 bridgehead atoms. The van der Waals surface area contributed by atoms with Gasteiger partial charge in [0, 0.05) is 17.0 Å². The number of benzene rings is 2. The van der Waals surface area contributed by atoms with E-state index >= 15 is 0 Å². The molecule has 186 valence electrons. The molecular formula is C25H24F3NO5S. The third-order valence-electron chi connectivity index (χ3n) is 5.50. The highest BCUT2D eigenvalue weighted by Crippen LogP contribution is 2.43. The van der Waals surface area contributed by atoms with Gasteiger partial charge in [0.1, 0.15) is 17.2 Å². The van der Waals surface area contributed by atoms with E-state index in [1.54, 1.807) is 54.6 Å². The first-order valence-electron chi connectivity index (χ1n) is 10.7. The molecule has 1 heterocycles. The number of nitrogens with one attached hydrogen (secondary N) is 1. The maximum absolute atomic E-state index is 13.5. The molecule has 6 nitrogen and oxygen atoms in total. The second kappa shape index (κ2) is 10.9. The van der Waals surface area contributed by atoms with Crippen LogP contribution in [0.25, 0.3) is 11.1 Å². The van der Waals surface area contributed by atoms with Crippen LogP contribution < -0.4 is 10.1 Å². The first-order valence-corrected chi connectivity index (χ1v) is 11.5. The number of ether oxygens (including phenoxy) is 1. The van der Waals surface area contributed by atoms with Gasteiger partial charge in [-0.05, 0) is 49.2 Å². The molecule has 0 saturated carbocycles. The smallest absolute Gasteiger partial charge is 0.426 e. The van der Waals surface area contributed by atoms with E-state index in [1.165, 1.54) is 13.0 Å². The van der Waals surface area contributed by atoms with Crippen molar-refractivity contribution < 1.29 is 37.7 Å². The molecule has 0 spiro atoms. The highest BCUT2D eigenvalue weighted by molar-refractivity contribution is 7.12. The van der Waals surface area contributed by atoms with Crippen molar-refractivity contribution in [3.8, 4) is 16.9 Å². The molecule has 10 heteroatoms. The van der Waals surface area contributed by atoms with E-state index in [0.29, 0.717) is 34.1 Å². The number of carbonyl (C=O) groups is 2. The van der Waals surface area contributed by atoms with Crippen molar-refractivity contribution in [3.63, 3.8) is 0 Å². The van der Waals surface area contributed by atoms with Gasteiger partial charge >= 0.3 is 18.1 Å². The minimum absolute atomic E-state index is 0.0128. The normalized spacial score (nSPS) is 11.9. The summed E-state index contributed by atoms with van der Waals surface area (Å²) in [6.45, 7) is 1.73. The molecule has 35 heavy (non-hydrogen) atoms. The van der Waals surface area contributed by atoms with Crippen molar-refractivity contribution in [2.24, 2.45) is 5.41 Å². The molecule has 0 aliphatic rings. The Balaban J connectivity index is 1.57. The molecule has 1 aromatic heterocycles. The number of carboxylic acids is 2. The van der Waals surface area contributed by atoms with Gasteiger partial charge in [-0.15, -0.1) is 11.3 Å². The number of rotatable bonds is 11. The van der Waals surface area contributed by atoms with E-state index in [4.69, 9.17) is 14.9 Å². The summed E-state index contributed by atoms with van der Waals surface area (Å²) in [4.78, 5) is 22.2. The lowest BCUT2D eigenvalue weighted by atomic mass is 9.87. The Bertz CT molecular complexity index is 1150. The lowest BCUT2D eigenvalue weighted by Crippen LogP contribution is -2.38. The van der Waals surface area contributed by atoms with Gasteiger partial charge in [0.2, 0.25) is 0 Å². The predicted molar refractivity (Wildman–Crippen MR) is 125 cm³/mol. The first-order chi connectivity index (χ1) is 16.5. The first kappa shape index (κ1) is 26.2. The second-order valence-electron chi connectivity index (χ2n) is 8.12. The summed E-state index contributed by atoms with van der Waals surface area (Å²) in [6.07, 6.45) is -4.54. The molecule has 3 aromatic rings. The van der Waals surface area contributed by atoms with Gasteiger partial charge in [0.15, 0.2) is 5.41 Å². The van der Waals surface area contributed by atoms with Crippen LogP contribution in [0, 0.1) is 5.41 Å². The lowest BCUT2D eigenvalue weighted by Gasteiger charge is -2.19. The Morgan fingerprint density at radius 1 is 1.00 bits per heavy atom. The molecule has 2 aromatic carbocycles. The Hall–Kier alpha value is -3.37. The molecule has 0 radical (unpaired) electrons. The molecule has 0 aliphatic heterocycles. The van der Waals surface area contributed by atoms with Crippen LogP contribution in [0.5, 0.6) is 5.75 Å². The van der Waals surface area contributed by atoms with Crippen LogP contribution in [-0.2, 0) is 28.9 Å². The van der Waals surface area contributed by atoms with Gasteiger partial charge < -0.3 is 20.3 Å². The van der Waals surface area contributed by atoms with E-state index in [0.717, 1.165) is 5.56 Å². The largest absolute Gasteiger partial charge is 0.488 e. The third-order valence-corrected chi connectivity index (χ3v) is 6.66. The van der Waals surface area contributed by atoms with E-state index in [2.05, 4.69) is 5.32 Å². The summed E-state index contributed by atoms with van der Waals surface area (Å²) in [5.74, 6) is -2.30. The molecule has 0 unspecified atom stereocenters. The lowest BCUT2D eigenvalue weighted by molar-refractivity contribution is -0.163. The zero-order valence-electron chi connectivity index (χ0n) is 18.8. The molecule has 0 atom stereocenters. The number of halogens is 3. The van der Waals surface area contributed by atoms with E-state index in [1.807, 2.05) is 0 Å². The van der Waals surface area contributed by atoms with Crippen LogP contribution in [-0.4, -0.2) is 28.7 Å². The number of carboxylic acid groups (broad SMARTS) is 2.